The van der Waals surface area contributed by atoms with Crippen LogP contribution >= 0.6 is 0 Å². The first-order chi connectivity index (χ1) is 10.0. The fourth-order valence-electron chi connectivity index (χ4n) is 1.56. The Bertz CT molecular complexity index is 428. The molecule has 126 valence electrons. The molecule has 7 heteroatoms. The molecule has 0 aromatic heterocycles. The van der Waals surface area contributed by atoms with Crippen molar-refractivity contribution in [3.05, 3.63) is 12.7 Å². The van der Waals surface area contributed by atoms with Gasteiger partial charge in [-0.2, -0.15) is 0 Å². The maximum atomic E-state index is 12.2. The van der Waals surface area contributed by atoms with Crippen molar-refractivity contribution >= 4 is 18.0 Å². The largest absolute Gasteiger partial charge is 0.467 e. The predicted octanol–water partition coefficient (Wildman–Crippen LogP) is 1.48. The number of amides is 2. The van der Waals surface area contributed by atoms with E-state index in [-0.39, 0.29) is 6.54 Å². The zero-order chi connectivity index (χ0) is 17.5. The lowest BCUT2D eigenvalue weighted by Gasteiger charge is -2.30. The van der Waals surface area contributed by atoms with Crippen molar-refractivity contribution in [3.8, 4) is 0 Å². The molecule has 0 aliphatic rings. The zero-order valence-electron chi connectivity index (χ0n) is 14.1. The van der Waals surface area contributed by atoms with Crippen LogP contribution in [-0.4, -0.2) is 54.2 Å². The van der Waals surface area contributed by atoms with Crippen molar-refractivity contribution in [2.75, 3.05) is 13.7 Å². The molecular weight excluding hydrogens is 288 g/mol. The Kier molecular flexibility index (Phi) is 7.62. The average Bonchev–Trinajstić information content (AvgIpc) is 2.40. The van der Waals surface area contributed by atoms with Crippen LogP contribution in [0, 0.1) is 0 Å². The van der Waals surface area contributed by atoms with Gasteiger partial charge >= 0.3 is 12.1 Å². The quantitative estimate of drug-likeness (QED) is 0.593. The summed E-state index contributed by atoms with van der Waals surface area (Å²) >= 11 is 0. The smallest absolute Gasteiger partial charge is 0.411 e. The summed E-state index contributed by atoms with van der Waals surface area (Å²) in [6, 6.07) is -1.62. The summed E-state index contributed by atoms with van der Waals surface area (Å²) < 4.78 is 9.80. The molecule has 0 spiro atoms. The third-order valence-corrected chi connectivity index (χ3v) is 2.71. The number of nitrogens with zero attached hydrogens (tertiary/aromatic N) is 1. The normalized spacial score (nSPS) is 13.5. The van der Waals surface area contributed by atoms with Crippen LogP contribution in [-0.2, 0) is 19.1 Å². The van der Waals surface area contributed by atoms with E-state index in [9.17, 15) is 14.4 Å². The summed E-state index contributed by atoms with van der Waals surface area (Å²) in [5, 5.41) is 2.49. The van der Waals surface area contributed by atoms with Gasteiger partial charge in [0.2, 0.25) is 5.91 Å². The van der Waals surface area contributed by atoms with Crippen LogP contribution in [0.3, 0.4) is 0 Å². The molecule has 0 heterocycles. The topological polar surface area (TPSA) is 84.9 Å². The van der Waals surface area contributed by atoms with E-state index in [0.29, 0.717) is 0 Å². The number of ether oxygens (including phenoxy) is 2. The molecule has 0 aliphatic heterocycles. The summed E-state index contributed by atoms with van der Waals surface area (Å²) in [6.07, 6.45) is 0.873. The van der Waals surface area contributed by atoms with Crippen LogP contribution in [0.2, 0.25) is 0 Å². The fourth-order valence-corrected chi connectivity index (χ4v) is 1.56. The Morgan fingerprint density at radius 2 is 1.82 bits per heavy atom. The zero-order valence-corrected chi connectivity index (χ0v) is 14.1. The first-order valence-electron chi connectivity index (χ1n) is 7.02. The fraction of sp³-hybridized carbons (Fsp3) is 0.667. The van der Waals surface area contributed by atoms with E-state index in [2.05, 4.69) is 16.6 Å². The van der Waals surface area contributed by atoms with Gasteiger partial charge in [0.1, 0.15) is 17.7 Å². The van der Waals surface area contributed by atoms with Crippen molar-refractivity contribution in [2.24, 2.45) is 0 Å². The van der Waals surface area contributed by atoms with E-state index < -0.39 is 35.7 Å². The number of nitrogens with one attached hydrogen (secondary N) is 1. The molecule has 0 radical (unpaired) electrons. The predicted molar refractivity (Wildman–Crippen MR) is 82.2 cm³/mol. The Hall–Kier alpha value is -2.05. The minimum Gasteiger partial charge on any atom is -0.467 e. The molecule has 1 N–H and O–H groups in total. The molecule has 0 bridgehead atoms. The summed E-state index contributed by atoms with van der Waals surface area (Å²) in [5.74, 6) is -1.04. The summed E-state index contributed by atoms with van der Waals surface area (Å²) in [7, 11) is 1.24. The molecule has 0 rings (SSSR count). The standard InChI is InChI=1S/C15H26N2O5/c1-8-9-17(14(20)22-15(4,5)6)11(3)12(18)16-10(2)13(19)21-7/h8,10-11H,1,9H2,2-7H3,(H,16,18)/t10-,11+/m1/s1. The molecular formula is C15H26N2O5. The number of esters is 1. The van der Waals surface area contributed by atoms with Crippen molar-refractivity contribution in [2.45, 2.75) is 52.3 Å². The Labute approximate surface area is 131 Å². The van der Waals surface area contributed by atoms with Gasteiger partial charge in [0.15, 0.2) is 0 Å². The highest BCUT2D eigenvalue weighted by Crippen LogP contribution is 2.12. The third kappa shape index (κ3) is 6.60. The number of carbonyl (C=O) groups is 3. The van der Waals surface area contributed by atoms with E-state index in [1.807, 2.05) is 0 Å². The minimum atomic E-state index is -0.819. The van der Waals surface area contributed by atoms with Gasteiger partial charge in [-0.15, -0.1) is 6.58 Å². The van der Waals surface area contributed by atoms with Crippen LogP contribution in [0.25, 0.3) is 0 Å². The van der Waals surface area contributed by atoms with Gasteiger partial charge in [-0.3, -0.25) is 9.69 Å². The lowest BCUT2D eigenvalue weighted by molar-refractivity contribution is -0.145. The van der Waals surface area contributed by atoms with Crippen LogP contribution in [0.15, 0.2) is 12.7 Å². The lowest BCUT2D eigenvalue weighted by Crippen LogP contribution is -2.52. The molecule has 7 nitrogen and oxygen atoms in total. The van der Waals surface area contributed by atoms with Gasteiger partial charge in [0.25, 0.3) is 0 Å². The van der Waals surface area contributed by atoms with Gasteiger partial charge in [0, 0.05) is 6.54 Å². The molecule has 0 unspecified atom stereocenters. The van der Waals surface area contributed by atoms with Crippen LogP contribution in [0.4, 0.5) is 4.79 Å². The van der Waals surface area contributed by atoms with E-state index in [1.165, 1.54) is 25.0 Å². The molecule has 2 amide bonds. The summed E-state index contributed by atoms with van der Waals surface area (Å²) in [4.78, 5) is 36.9. The van der Waals surface area contributed by atoms with Crippen molar-refractivity contribution in [1.82, 2.24) is 10.2 Å². The van der Waals surface area contributed by atoms with Gasteiger partial charge in [0.05, 0.1) is 7.11 Å². The van der Waals surface area contributed by atoms with E-state index in [4.69, 9.17) is 4.74 Å². The van der Waals surface area contributed by atoms with E-state index in [1.54, 1.807) is 27.7 Å². The van der Waals surface area contributed by atoms with Crippen LogP contribution < -0.4 is 5.32 Å². The number of carbonyl (C=O) groups excluding carboxylic acids is 3. The summed E-state index contributed by atoms with van der Waals surface area (Å²) in [6.45, 7) is 12.0. The van der Waals surface area contributed by atoms with Gasteiger partial charge in [-0.05, 0) is 34.6 Å². The number of hydrogen-bond acceptors (Lipinski definition) is 5. The highest BCUT2D eigenvalue weighted by atomic mass is 16.6. The van der Waals surface area contributed by atoms with Gasteiger partial charge in [-0.25, -0.2) is 9.59 Å². The van der Waals surface area contributed by atoms with Crippen LogP contribution in [0.5, 0.6) is 0 Å². The molecule has 0 saturated heterocycles. The molecule has 2 atom stereocenters. The first kappa shape index (κ1) is 19.9. The molecule has 0 fully saturated rings. The molecule has 0 saturated carbocycles. The van der Waals surface area contributed by atoms with Gasteiger partial charge in [-0.1, -0.05) is 6.08 Å². The molecule has 0 aromatic rings. The summed E-state index contributed by atoms with van der Waals surface area (Å²) in [5.41, 5.74) is -0.675. The maximum absolute atomic E-state index is 12.2. The second-order valence-electron chi connectivity index (χ2n) is 5.85. The highest BCUT2D eigenvalue weighted by Gasteiger charge is 2.30. The van der Waals surface area contributed by atoms with Crippen LogP contribution in [0.1, 0.15) is 34.6 Å². The first-order valence-corrected chi connectivity index (χ1v) is 7.02. The van der Waals surface area contributed by atoms with Crippen molar-refractivity contribution in [3.63, 3.8) is 0 Å². The van der Waals surface area contributed by atoms with Crippen molar-refractivity contribution in [1.29, 1.82) is 0 Å². The average molecular weight is 314 g/mol. The minimum absolute atomic E-state index is 0.149. The lowest BCUT2D eigenvalue weighted by atomic mass is 10.2. The monoisotopic (exact) mass is 314 g/mol. The maximum Gasteiger partial charge on any atom is 0.411 e. The third-order valence-electron chi connectivity index (χ3n) is 2.71. The Balaban J connectivity index is 4.94. The Morgan fingerprint density at radius 1 is 1.27 bits per heavy atom. The Morgan fingerprint density at radius 3 is 2.23 bits per heavy atom. The highest BCUT2D eigenvalue weighted by molar-refractivity contribution is 5.89. The SMILES string of the molecule is C=CCN(C(=O)OC(C)(C)C)[C@@H](C)C(=O)N[C@H](C)C(=O)OC. The second-order valence-corrected chi connectivity index (χ2v) is 5.85. The second kappa shape index (κ2) is 8.41. The number of hydrogen-bond donors (Lipinski definition) is 1. The molecule has 0 aliphatic carbocycles. The number of methoxy groups -OCH3 is 1. The molecule has 22 heavy (non-hydrogen) atoms. The van der Waals surface area contributed by atoms with Gasteiger partial charge < -0.3 is 14.8 Å². The van der Waals surface area contributed by atoms with Crippen molar-refractivity contribution < 1.29 is 23.9 Å². The van der Waals surface area contributed by atoms with E-state index >= 15 is 0 Å². The van der Waals surface area contributed by atoms with E-state index in [0.717, 1.165) is 0 Å². The number of rotatable bonds is 6. The molecule has 0 aromatic carbocycles.